The van der Waals surface area contributed by atoms with Gasteiger partial charge in [0, 0.05) is 21.5 Å². The molecule has 0 saturated heterocycles. The molecule has 2 rings (SSSR count). The molecule has 0 aromatic heterocycles. The van der Waals surface area contributed by atoms with Gasteiger partial charge >= 0.3 is 0 Å². The lowest BCUT2D eigenvalue weighted by Gasteiger charge is -2.03. The van der Waals surface area contributed by atoms with Crippen molar-refractivity contribution in [1.29, 1.82) is 0 Å². The first-order valence-corrected chi connectivity index (χ1v) is 5.82. The van der Waals surface area contributed by atoms with Crippen LogP contribution in [-0.4, -0.2) is 5.78 Å². The van der Waals surface area contributed by atoms with Gasteiger partial charge in [0.1, 0.15) is 0 Å². The highest BCUT2D eigenvalue weighted by molar-refractivity contribution is 9.10. The van der Waals surface area contributed by atoms with Gasteiger partial charge in [-0.1, -0.05) is 27.5 Å². The predicted molar refractivity (Wildman–Crippen MR) is 60.8 cm³/mol. The van der Waals surface area contributed by atoms with E-state index in [4.69, 9.17) is 11.6 Å². The van der Waals surface area contributed by atoms with Crippen molar-refractivity contribution in [2.24, 2.45) is 5.92 Å². The molecule has 3 heteroatoms. The average molecular weight is 274 g/mol. The Morgan fingerprint density at radius 1 is 1.50 bits per heavy atom. The Morgan fingerprint density at radius 2 is 2.21 bits per heavy atom. The zero-order valence-electron chi connectivity index (χ0n) is 7.59. The molecule has 74 valence electrons. The summed E-state index contributed by atoms with van der Waals surface area (Å²) in [4.78, 5) is 11.8. The number of Topliss-reactive ketones (excluding diaryl/α,β-unsaturated/α-hetero) is 1. The Kier molecular flexibility index (Phi) is 2.93. The summed E-state index contributed by atoms with van der Waals surface area (Å²) in [7, 11) is 0. The first-order valence-electron chi connectivity index (χ1n) is 4.65. The zero-order chi connectivity index (χ0) is 10.1. The Labute approximate surface area is 96.6 Å². The number of carbonyl (C=O) groups excluding carboxylic acids is 1. The van der Waals surface area contributed by atoms with Crippen LogP contribution in [0.25, 0.3) is 0 Å². The zero-order valence-corrected chi connectivity index (χ0v) is 9.94. The largest absolute Gasteiger partial charge is 0.294 e. The third kappa shape index (κ3) is 2.37. The van der Waals surface area contributed by atoms with Crippen molar-refractivity contribution in [1.82, 2.24) is 0 Å². The van der Waals surface area contributed by atoms with Crippen molar-refractivity contribution in [3.63, 3.8) is 0 Å². The van der Waals surface area contributed by atoms with Crippen LogP contribution in [0, 0.1) is 5.92 Å². The second-order valence-corrected chi connectivity index (χ2v) is 4.99. The molecule has 0 unspecified atom stereocenters. The van der Waals surface area contributed by atoms with Crippen LogP contribution in [0.4, 0.5) is 0 Å². The van der Waals surface area contributed by atoms with Crippen molar-refractivity contribution >= 4 is 33.3 Å². The van der Waals surface area contributed by atoms with Crippen molar-refractivity contribution in [3.8, 4) is 0 Å². The van der Waals surface area contributed by atoms with E-state index in [0.29, 0.717) is 22.9 Å². The molecule has 0 spiro atoms. The van der Waals surface area contributed by atoms with Crippen LogP contribution in [0.15, 0.2) is 22.7 Å². The smallest absolute Gasteiger partial charge is 0.164 e. The summed E-state index contributed by atoms with van der Waals surface area (Å²) in [6, 6.07) is 5.33. The topological polar surface area (TPSA) is 17.1 Å². The summed E-state index contributed by atoms with van der Waals surface area (Å²) in [6.07, 6.45) is 3.06. The number of halogens is 2. The first-order chi connectivity index (χ1) is 6.66. The maximum absolute atomic E-state index is 11.8. The van der Waals surface area contributed by atoms with Crippen molar-refractivity contribution in [3.05, 3.63) is 33.3 Å². The molecule has 1 fully saturated rings. The van der Waals surface area contributed by atoms with Gasteiger partial charge < -0.3 is 0 Å². The van der Waals surface area contributed by atoms with E-state index in [2.05, 4.69) is 15.9 Å². The fraction of sp³-hybridized carbons (Fsp3) is 0.364. The monoisotopic (exact) mass is 272 g/mol. The highest BCUT2D eigenvalue weighted by atomic mass is 79.9. The van der Waals surface area contributed by atoms with Crippen LogP contribution in [0.2, 0.25) is 5.02 Å². The molecule has 0 N–H and O–H groups in total. The van der Waals surface area contributed by atoms with Gasteiger partial charge in [0.25, 0.3) is 0 Å². The molecule has 0 atom stereocenters. The third-order valence-electron chi connectivity index (χ3n) is 2.40. The highest BCUT2D eigenvalue weighted by Gasteiger charge is 2.25. The van der Waals surface area contributed by atoms with Crippen molar-refractivity contribution in [2.75, 3.05) is 0 Å². The Morgan fingerprint density at radius 3 is 2.86 bits per heavy atom. The Balaban J connectivity index is 2.20. The quantitative estimate of drug-likeness (QED) is 0.758. The summed E-state index contributed by atoms with van der Waals surface area (Å²) >= 11 is 9.20. The molecular weight excluding hydrogens is 263 g/mol. The number of rotatable bonds is 3. The number of ketones is 1. The normalized spacial score (nSPS) is 15.6. The second kappa shape index (κ2) is 4.03. The number of carbonyl (C=O) groups is 1. The molecule has 1 nitrogen and oxygen atoms in total. The number of hydrogen-bond donors (Lipinski definition) is 0. The lowest BCUT2D eigenvalue weighted by atomic mass is 10.1. The van der Waals surface area contributed by atoms with E-state index in [0.717, 1.165) is 4.47 Å². The van der Waals surface area contributed by atoms with Gasteiger partial charge in [-0.25, -0.2) is 0 Å². The second-order valence-electron chi connectivity index (χ2n) is 3.69. The van der Waals surface area contributed by atoms with Gasteiger partial charge in [-0.05, 0) is 37.0 Å². The van der Waals surface area contributed by atoms with Gasteiger partial charge in [0.15, 0.2) is 5.78 Å². The van der Waals surface area contributed by atoms with Gasteiger partial charge in [-0.3, -0.25) is 4.79 Å². The SMILES string of the molecule is O=C(CC1CC1)c1cc(Cl)ccc1Br. The van der Waals surface area contributed by atoms with Gasteiger partial charge in [-0.15, -0.1) is 0 Å². The Hall–Kier alpha value is -0.340. The molecule has 1 saturated carbocycles. The van der Waals surface area contributed by atoms with Crippen LogP contribution in [0.3, 0.4) is 0 Å². The van der Waals surface area contributed by atoms with Crippen LogP contribution >= 0.6 is 27.5 Å². The summed E-state index contributed by atoms with van der Waals surface area (Å²) < 4.78 is 0.840. The van der Waals surface area contributed by atoms with Gasteiger partial charge in [0.2, 0.25) is 0 Å². The van der Waals surface area contributed by atoms with Crippen LogP contribution in [-0.2, 0) is 0 Å². The summed E-state index contributed by atoms with van der Waals surface area (Å²) in [6.45, 7) is 0. The molecule has 0 bridgehead atoms. The minimum atomic E-state index is 0.196. The minimum absolute atomic E-state index is 0.196. The molecule has 0 aliphatic heterocycles. The third-order valence-corrected chi connectivity index (χ3v) is 3.33. The number of benzene rings is 1. The summed E-state index contributed by atoms with van der Waals surface area (Å²) in [5.74, 6) is 0.815. The van der Waals surface area contributed by atoms with E-state index >= 15 is 0 Å². The first kappa shape index (κ1) is 10.2. The van der Waals surface area contributed by atoms with E-state index in [9.17, 15) is 4.79 Å². The minimum Gasteiger partial charge on any atom is -0.294 e. The van der Waals surface area contributed by atoms with Crippen molar-refractivity contribution < 1.29 is 4.79 Å². The molecule has 1 aromatic rings. The Bertz CT molecular complexity index is 372. The molecule has 0 amide bonds. The van der Waals surface area contributed by atoms with E-state index in [1.165, 1.54) is 12.8 Å². The maximum atomic E-state index is 11.8. The van der Waals surface area contributed by atoms with E-state index < -0.39 is 0 Å². The number of hydrogen-bond acceptors (Lipinski definition) is 1. The molecule has 1 aliphatic rings. The molecule has 1 aliphatic carbocycles. The molecule has 0 radical (unpaired) electrons. The predicted octanol–water partition coefficient (Wildman–Crippen LogP) is 4.09. The fourth-order valence-electron chi connectivity index (χ4n) is 1.41. The standard InChI is InChI=1S/C11H10BrClO/c12-10-4-3-8(13)6-9(10)11(14)5-7-1-2-7/h3-4,6-7H,1-2,5H2. The maximum Gasteiger partial charge on any atom is 0.164 e. The van der Waals surface area contributed by atoms with E-state index in [1.807, 2.05) is 6.07 Å². The summed E-state index contributed by atoms with van der Waals surface area (Å²) in [5.41, 5.74) is 0.712. The van der Waals surface area contributed by atoms with Crippen molar-refractivity contribution in [2.45, 2.75) is 19.3 Å². The average Bonchev–Trinajstić information content (AvgIpc) is 2.93. The lowest BCUT2D eigenvalue weighted by Crippen LogP contribution is -2.01. The van der Waals surface area contributed by atoms with Crippen LogP contribution < -0.4 is 0 Å². The van der Waals surface area contributed by atoms with E-state index in [1.54, 1.807) is 12.1 Å². The van der Waals surface area contributed by atoms with Gasteiger partial charge in [-0.2, -0.15) is 0 Å². The van der Waals surface area contributed by atoms with Crippen LogP contribution in [0.1, 0.15) is 29.6 Å². The lowest BCUT2D eigenvalue weighted by molar-refractivity contribution is 0.0975. The van der Waals surface area contributed by atoms with E-state index in [-0.39, 0.29) is 5.78 Å². The summed E-state index contributed by atoms with van der Waals surface area (Å²) in [5, 5.41) is 0.618. The molecule has 1 aromatic carbocycles. The highest BCUT2D eigenvalue weighted by Crippen LogP contribution is 2.34. The molecule has 14 heavy (non-hydrogen) atoms. The van der Waals surface area contributed by atoms with Crippen LogP contribution in [0.5, 0.6) is 0 Å². The van der Waals surface area contributed by atoms with Gasteiger partial charge in [0.05, 0.1) is 0 Å². The molecule has 0 heterocycles. The fourth-order valence-corrected chi connectivity index (χ4v) is 2.05. The molecular formula is C11H10BrClO.